The molecule has 0 saturated heterocycles. The fraction of sp³-hybridized carbons (Fsp3) is 0.944. The lowest BCUT2D eigenvalue weighted by atomic mass is 9.80. The van der Waals surface area contributed by atoms with Crippen LogP contribution in [-0.4, -0.2) is 29.0 Å². The van der Waals surface area contributed by atoms with E-state index in [-0.39, 0.29) is 12.3 Å². The Bertz CT molecular complexity index is 471. The summed E-state index contributed by atoms with van der Waals surface area (Å²) in [6.07, 6.45) is -1.75. The van der Waals surface area contributed by atoms with Gasteiger partial charge in [-0.15, -0.1) is 0 Å². The summed E-state index contributed by atoms with van der Waals surface area (Å²) in [5.41, 5.74) is -3.90. The molecule has 3 nitrogen and oxygen atoms in total. The van der Waals surface area contributed by atoms with E-state index in [0.717, 1.165) is 32.6 Å². The van der Waals surface area contributed by atoms with Gasteiger partial charge in [0.15, 0.2) is 5.60 Å². The minimum absolute atomic E-state index is 0.0826. The van der Waals surface area contributed by atoms with Crippen molar-refractivity contribution < 1.29 is 27.8 Å². The molecule has 5 unspecified atom stereocenters. The maximum atomic E-state index is 13.3. The normalized spacial score (nSPS) is 30.9. The van der Waals surface area contributed by atoms with Gasteiger partial charge in [-0.1, -0.05) is 13.3 Å². The summed E-state index contributed by atoms with van der Waals surface area (Å²) >= 11 is 0. The molecule has 2 fully saturated rings. The van der Waals surface area contributed by atoms with Gasteiger partial charge in [-0.05, 0) is 70.6 Å². The smallest absolute Gasteiger partial charge is 0.420 e. The van der Waals surface area contributed by atoms with Crippen LogP contribution in [0.2, 0.25) is 0 Å². The van der Waals surface area contributed by atoms with Crippen LogP contribution in [-0.2, 0) is 9.53 Å². The lowest BCUT2D eigenvalue weighted by Crippen LogP contribution is -2.55. The highest BCUT2D eigenvalue weighted by Crippen LogP contribution is 2.51. The Kier molecular flexibility index (Phi) is 5.30. The first-order valence-corrected chi connectivity index (χ1v) is 8.88. The maximum Gasteiger partial charge on any atom is 0.420 e. The second-order valence-corrected chi connectivity index (χ2v) is 8.45. The summed E-state index contributed by atoms with van der Waals surface area (Å²) in [5.74, 6) is 0.404. The average molecular weight is 350 g/mol. The Balaban J connectivity index is 2.17. The standard InChI is InChI=1S/C18H29F3O3/c1-5-16(2,3)15(22)24-14(17(4,23)18(19,20)21)10-13-9-11-6-7-12(13)8-11/h11-14,23H,5-10H2,1-4H3. The van der Waals surface area contributed by atoms with Crippen molar-refractivity contribution in [2.24, 2.45) is 23.2 Å². The van der Waals surface area contributed by atoms with E-state index in [4.69, 9.17) is 4.74 Å². The fourth-order valence-electron chi connectivity index (χ4n) is 3.95. The van der Waals surface area contributed by atoms with Crippen LogP contribution in [0.3, 0.4) is 0 Å². The Morgan fingerprint density at radius 2 is 1.83 bits per heavy atom. The minimum atomic E-state index is -4.84. The molecule has 0 amide bonds. The van der Waals surface area contributed by atoms with Crippen LogP contribution in [0.15, 0.2) is 0 Å². The van der Waals surface area contributed by atoms with E-state index in [9.17, 15) is 23.1 Å². The lowest BCUT2D eigenvalue weighted by molar-refractivity contribution is -0.288. The van der Waals surface area contributed by atoms with E-state index in [1.54, 1.807) is 20.8 Å². The summed E-state index contributed by atoms with van der Waals surface area (Å²) in [7, 11) is 0. The number of hydrogen-bond donors (Lipinski definition) is 1. The third-order valence-electron chi connectivity index (χ3n) is 6.29. The molecule has 2 aliphatic carbocycles. The third-order valence-corrected chi connectivity index (χ3v) is 6.29. The monoisotopic (exact) mass is 350 g/mol. The molecule has 5 atom stereocenters. The van der Waals surface area contributed by atoms with Gasteiger partial charge in [-0.3, -0.25) is 4.79 Å². The highest BCUT2D eigenvalue weighted by Gasteiger charge is 2.58. The summed E-state index contributed by atoms with van der Waals surface area (Å²) in [4.78, 5) is 12.3. The number of fused-ring (bicyclic) bond motifs is 2. The number of rotatable bonds is 6. The quantitative estimate of drug-likeness (QED) is 0.719. The van der Waals surface area contributed by atoms with Crippen LogP contribution in [0.25, 0.3) is 0 Å². The van der Waals surface area contributed by atoms with Crippen molar-refractivity contribution in [3.8, 4) is 0 Å². The van der Waals surface area contributed by atoms with Gasteiger partial charge in [0.05, 0.1) is 5.41 Å². The predicted octanol–water partition coefficient (Wildman–Crippen LogP) is 4.47. The minimum Gasteiger partial charge on any atom is -0.459 e. The van der Waals surface area contributed by atoms with Crippen molar-refractivity contribution in [1.29, 1.82) is 0 Å². The number of aliphatic hydroxyl groups is 1. The van der Waals surface area contributed by atoms with Gasteiger partial charge in [-0.25, -0.2) is 0 Å². The first-order valence-electron chi connectivity index (χ1n) is 8.88. The van der Waals surface area contributed by atoms with Gasteiger partial charge >= 0.3 is 12.1 Å². The summed E-state index contributed by atoms with van der Waals surface area (Å²) in [5, 5.41) is 10.1. The molecular weight excluding hydrogens is 321 g/mol. The summed E-state index contributed by atoms with van der Waals surface area (Å²) < 4.78 is 45.3. The number of esters is 1. The molecule has 0 radical (unpaired) electrons. The Hall–Kier alpha value is -0.780. The van der Waals surface area contributed by atoms with Gasteiger partial charge < -0.3 is 9.84 Å². The van der Waals surface area contributed by atoms with E-state index in [1.165, 1.54) is 0 Å². The van der Waals surface area contributed by atoms with Crippen LogP contribution in [0.5, 0.6) is 0 Å². The number of hydrogen-bond acceptors (Lipinski definition) is 3. The molecule has 24 heavy (non-hydrogen) atoms. The van der Waals surface area contributed by atoms with E-state index >= 15 is 0 Å². The van der Waals surface area contributed by atoms with E-state index in [1.807, 2.05) is 0 Å². The molecule has 2 rings (SSSR count). The van der Waals surface area contributed by atoms with Gasteiger partial charge in [0.25, 0.3) is 0 Å². The maximum absolute atomic E-state index is 13.3. The molecule has 0 spiro atoms. The van der Waals surface area contributed by atoms with Crippen molar-refractivity contribution in [2.45, 2.75) is 84.1 Å². The molecule has 6 heteroatoms. The molecule has 1 N–H and O–H groups in total. The zero-order valence-electron chi connectivity index (χ0n) is 14.9. The van der Waals surface area contributed by atoms with Crippen LogP contribution >= 0.6 is 0 Å². The third kappa shape index (κ3) is 3.73. The molecular formula is C18H29F3O3. The van der Waals surface area contributed by atoms with Crippen LogP contribution in [0, 0.1) is 23.2 Å². The second-order valence-electron chi connectivity index (χ2n) is 8.45. The fourth-order valence-corrected chi connectivity index (χ4v) is 3.95. The van der Waals surface area contributed by atoms with Crippen molar-refractivity contribution in [2.75, 3.05) is 0 Å². The van der Waals surface area contributed by atoms with Crippen molar-refractivity contribution >= 4 is 5.97 Å². The molecule has 0 aromatic rings. The largest absolute Gasteiger partial charge is 0.459 e. The zero-order chi connectivity index (χ0) is 18.3. The number of carbonyl (C=O) groups excluding carboxylic acids is 1. The zero-order valence-corrected chi connectivity index (χ0v) is 14.9. The summed E-state index contributed by atoms with van der Waals surface area (Å²) in [6, 6.07) is 0. The van der Waals surface area contributed by atoms with Crippen LogP contribution in [0.1, 0.15) is 66.2 Å². The number of carbonyl (C=O) groups is 1. The lowest BCUT2D eigenvalue weighted by Gasteiger charge is -2.38. The number of halogens is 3. The molecule has 2 aliphatic rings. The molecule has 2 bridgehead atoms. The van der Waals surface area contributed by atoms with Gasteiger partial charge in [0, 0.05) is 0 Å². The molecule has 140 valence electrons. The number of alkyl halides is 3. The van der Waals surface area contributed by atoms with Gasteiger partial charge in [0.2, 0.25) is 0 Å². The van der Waals surface area contributed by atoms with Crippen molar-refractivity contribution in [3.05, 3.63) is 0 Å². The molecule has 0 aliphatic heterocycles. The Labute approximate surface area is 141 Å². The topological polar surface area (TPSA) is 46.5 Å². The Morgan fingerprint density at radius 3 is 2.25 bits per heavy atom. The van der Waals surface area contributed by atoms with Crippen LogP contribution in [0.4, 0.5) is 13.2 Å². The Morgan fingerprint density at radius 1 is 1.21 bits per heavy atom. The van der Waals surface area contributed by atoms with E-state index < -0.39 is 29.3 Å². The number of ether oxygens (including phenoxy) is 1. The molecule has 0 aromatic carbocycles. The highest BCUT2D eigenvalue weighted by molar-refractivity contribution is 5.76. The molecule has 2 saturated carbocycles. The van der Waals surface area contributed by atoms with Gasteiger partial charge in [0.1, 0.15) is 6.10 Å². The molecule has 0 aromatic heterocycles. The summed E-state index contributed by atoms with van der Waals surface area (Å²) in [6.45, 7) is 5.80. The SMILES string of the molecule is CCC(C)(C)C(=O)OC(CC1CC2CCC1C2)C(C)(O)C(F)(F)F. The predicted molar refractivity (Wildman–Crippen MR) is 84.2 cm³/mol. The first-order chi connectivity index (χ1) is 10.9. The average Bonchev–Trinajstić information content (AvgIpc) is 3.07. The van der Waals surface area contributed by atoms with Crippen molar-refractivity contribution in [1.82, 2.24) is 0 Å². The van der Waals surface area contributed by atoms with Gasteiger partial charge in [-0.2, -0.15) is 13.2 Å². The van der Waals surface area contributed by atoms with E-state index in [0.29, 0.717) is 18.3 Å². The molecule has 0 heterocycles. The second kappa shape index (κ2) is 6.50. The van der Waals surface area contributed by atoms with Crippen molar-refractivity contribution in [3.63, 3.8) is 0 Å². The van der Waals surface area contributed by atoms with Crippen LogP contribution < -0.4 is 0 Å². The van der Waals surface area contributed by atoms with E-state index in [2.05, 4.69) is 0 Å². The first kappa shape index (κ1) is 19.5. The highest BCUT2D eigenvalue weighted by atomic mass is 19.4.